The van der Waals surface area contributed by atoms with Crippen molar-refractivity contribution in [2.45, 2.75) is 23.7 Å². The zero-order chi connectivity index (χ0) is 20.8. The van der Waals surface area contributed by atoms with Crippen LogP contribution < -0.4 is 4.18 Å². The molecule has 0 unspecified atom stereocenters. The number of aromatic amines is 1. The van der Waals surface area contributed by atoms with Gasteiger partial charge >= 0.3 is 10.1 Å². The largest absolute Gasteiger partial charge is 0.379 e. The SMILES string of the molecule is CN1CCC(c2c[nH]c3ccc(OS(=O)(=O)c4ccc(F)c(F)c4F)cc23)CC1. The van der Waals surface area contributed by atoms with Crippen molar-refractivity contribution in [3.63, 3.8) is 0 Å². The molecule has 0 aliphatic carbocycles. The Morgan fingerprint density at radius 1 is 1.07 bits per heavy atom. The van der Waals surface area contributed by atoms with Crippen molar-refractivity contribution in [3.05, 3.63) is 59.5 Å². The average Bonchev–Trinajstić information content (AvgIpc) is 3.09. The van der Waals surface area contributed by atoms with Crippen molar-refractivity contribution in [2.75, 3.05) is 20.1 Å². The fourth-order valence-electron chi connectivity index (χ4n) is 3.70. The second-order valence-electron chi connectivity index (χ2n) is 7.24. The van der Waals surface area contributed by atoms with Crippen LogP contribution in [-0.4, -0.2) is 38.4 Å². The first-order valence-electron chi connectivity index (χ1n) is 9.14. The van der Waals surface area contributed by atoms with E-state index in [9.17, 15) is 21.6 Å². The van der Waals surface area contributed by atoms with Gasteiger partial charge in [0.05, 0.1) is 0 Å². The number of nitrogens with zero attached hydrogens (tertiary/aromatic N) is 1. The Hall–Kier alpha value is -2.52. The quantitative estimate of drug-likeness (QED) is 0.505. The molecule has 1 aromatic heterocycles. The lowest BCUT2D eigenvalue weighted by molar-refractivity contribution is 0.256. The first kappa shape index (κ1) is 19.8. The predicted octanol–water partition coefficient (Wildman–Crippen LogP) is 4.16. The van der Waals surface area contributed by atoms with Crippen LogP contribution in [0.15, 0.2) is 41.4 Å². The molecule has 0 saturated carbocycles. The monoisotopic (exact) mass is 424 g/mol. The molecular weight excluding hydrogens is 405 g/mol. The van der Waals surface area contributed by atoms with Crippen molar-refractivity contribution < 1.29 is 25.8 Å². The summed E-state index contributed by atoms with van der Waals surface area (Å²) in [5, 5.41) is 0.818. The molecule has 5 nitrogen and oxygen atoms in total. The Morgan fingerprint density at radius 3 is 2.52 bits per heavy atom. The third-order valence-corrected chi connectivity index (χ3v) is 6.58. The Morgan fingerprint density at radius 2 is 1.79 bits per heavy atom. The molecule has 0 bridgehead atoms. The Kier molecular flexibility index (Phi) is 5.04. The van der Waals surface area contributed by atoms with E-state index in [0.29, 0.717) is 18.1 Å². The molecule has 1 saturated heterocycles. The highest BCUT2D eigenvalue weighted by molar-refractivity contribution is 7.87. The van der Waals surface area contributed by atoms with E-state index in [-0.39, 0.29) is 5.75 Å². The average molecular weight is 424 g/mol. The van der Waals surface area contributed by atoms with Crippen molar-refractivity contribution in [1.29, 1.82) is 0 Å². The second kappa shape index (κ2) is 7.38. The van der Waals surface area contributed by atoms with E-state index < -0.39 is 32.5 Å². The summed E-state index contributed by atoms with van der Waals surface area (Å²) in [5.41, 5.74) is 1.89. The number of halogens is 3. The number of piperidine rings is 1. The summed E-state index contributed by atoms with van der Waals surface area (Å²) in [6.07, 6.45) is 3.87. The molecule has 1 aliphatic heterocycles. The zero-order valence-corrected chi connectivity index (χ0v) is 16.4. The maximum Gasteiger partial charge on any atom is 0.342 e. The predicted molar refractivity (Wildman–Crippen MR) is 102 cm³/mol. The van der Waals surface area contributed by atoms with Gasteiger partial charge in [0.2, 0.25) is 0 Å². The fourth-order valence-corrected chi connectivity index (χ4v) is 4.69. The molecule has 0 amide bonds. The summed E-state index contributed by atoms with van der Waals surface area (Å²) in [4.78, 5) is 4.37. The molecular formula is C20H19F3N2O3S. The van der Waals surface area contributed by atoms with Crippen LogP contribution in [0, 0.1) is 17.5 Å². The van der Waals surface area contributed by atoms with Crippen LogP contribution in [0.4, 0.5) is 13.2 Å². The fraction of sp³-hybridized carbons (Fsp3) is 0.300. The van der Waals surface area contributed by atoms with Gasteiger partial charge < -0.3 is 14.1 Å². The minimum Gasteiger partial charge on any atom is -0.379 e. The topological polar surface area (TPSA) is 62.4 Å². The van der Waals surface area contributed by atoms with E-state index >= 15 is 0 Å². The summed E-state index contributed by atoms with van der Waals surface area (Å²) < 4.78 is 70.3. The maximum absolute atomic E-state index is 13.9. The molecule has 3 aromatic rings. The molecule has 0 radical (unpaired) electrons. The van der Waals surface area contributed by atoms with Crippen LogP contribution in [0.5, 0.6) is 5.75 Å². The van der Waals surface area contributed by atoms with Gasteiger partial charge in [0.1, 0.15) is 10.6 Å². The highest BCUT2D eigenvalue weighted by Gasteiger charge is 2.27. The molecule has 1 aliphatic rings. The second-order valence-corrected chi connectivity index (χ2v) is 8.75. The van der Waals surface area contributed by atoms with Gasteiger partial charge in [-0.1, -0.05) is 0 Å². The number of benzene rings is 2. The van der Waals surface area contributed by atoms with Gasteiger partial charge in [-0.05, 0) is 74.8 Å². The minimum atomic E-state index is -4.68. The smallest absolute Gasteiger partial charge is 0.342 e. The minimum absolute atomic E-state index is 0.0320. The summed E-state index contributed by atoms with van der Waals surface area (Å²) in [5.74, 6) is -4.84. The van der Waals surface area contributed by atoms with E-state index in [1.165, 1.54) is 6.07 Å². The lowest BCUT2D eigenvalue weighted by Crippen LogP contribution is -2.29. The van der Waals surface area contributed by atoms with Gasteiger partial charge in [0.15, 0.2) is 17.5 Å². The number of nitrogens with one attached hydrogen (secondary N) is 1. The molecule has 2 aromatic carbocycles. The van der Waals surface area contributed by atoms with Gasteiger partial charge in [0.25, 0.3) is 0 Å². The first-order valence-corrected chi connectivity index (χ1v) is 10.5. The number of hydrogen-bond donors (Lipinski definition) is 1. The molecule has 9 heteroatoms. The number of likely N-dealkylation sites (tertiary alicyclic amines) is 1. The van der Waals surface area contributed by atoms with E-state index in [1.54, 1.807) is 12.1 Å². The molecule has 154 valence electrons. The molecule has 0 spiro atoms. The first-order chi connectivity index (χ1) is 13.8. The van der Waals surface area contributed by atoms with Gasteiger partial charge in [-0.25, -0.2) is 13.2 Å². The number of hydrogen-bond acceptors (Lipinski definition) is 4. The summed E-state index contributed by atoms with van der Waals surface area (Å²) in [6, 6.07) is 5.84. The molecule has 2 heterocycles. The third kappa shape index (κ3) is 3.72. The van der Waals surface area contributed by atoms with E-state index in [1.807, 2.05) is 6.20 Å². The van der Waals surface area contributed by atoms with Gasteiger partial charge in [-0.2, -0.15) is 8.42 Å². The summed E-state index contributed by atoms with van der Waals surface area (Å²) in [7, 11) is -2.61. The Labute approximate surface area is 166 Å². The molecule has 1 fully saturated rings. The molecule has 1 N–H and O–H groups in total. The van der Waals surface area contributed by atoms with Crippen molar-refractivity contribution in [2.24, 2.45) is 0 Å². The van der Waals surface area contributed by atoms with Crippen LogP contribution in [0.25, 0.3) is 10.9 Å². The Balaban J connectivity index is 1.66. The zero-order valence-electron chi connectivity index (χ0n) is 15.6. The maximum atomic E-state index is 13.9. The summed E-state index contributed by atoms with van der Waals surface area (Å²) >= 11 is 0. The Bertz CT molecular complexity index is 1170. The van der Waals surface area contributed by atoms with Crippen molar-refractivity contribution in [1.82, 2.24) is 9.88 Å². The van der Waals surface area contributed by atoms with Gasteiger partial charge in [0, 0.05) is 17.1 Å². The highest BCUT2D eigenvalue weighted by atomic mass is 32.2. The number of rotatable bonds is 4. The standard InChI is InChI=1S/C20H19F3N2O3S/c1-25-8-6-12(7-9-25)15-11-24-17-4-2-13(10-14(15)17)28-29(26,27)18-5-3-16(21)19(22)20(18)23/h2-5,10-12,24H,6-9H2,1H3. The lowest BCUT2D eigenvalue weighted by atomic mass is 9.89. The normalized spacial score (nSPS) is 16.4. The molecule has 0 atom stereocenters. The van der Waals surface area contributed by atoms with Crippen molar-refractivity contribution in [3.8, 4) is 5.75 Å². The number of fused-ring (bicyclic) bond motifs is 1. The van der Waals surface area contributed by atoms with Crippen molar-refractivity contribution >= 4 is 21.0 Å². The highest BCUT2D eigenvalue weighted by Crippen LogP contribution is 2.35. The van der Waals surface area contributed by atoms with Crippen LogP contribution >= 0.6 is 0 Å². The molecule has 29 heavy (non-hydrogen) atoms. The van der Waals surface area contributed by atoms with Crippen LogP contribution in [0.3, 0.4) is 0 Å². The van der Waals surface area contributed by atoms with E-state index in [4.69, 9.17) is 4.18 Å². The lowest BCUT2D eigenvalue weighted by Gasteiger charge is -2.28. The van der Waals surface area contributed by atoms with Gasteiger partial charge in [-0.15, -0.1) is 0 Å². The number of H-pyrrole nitrogens is 1. The van der Waals surface area contributed by atoms with E-state index in [2.05, 4.69) is 16.9 Å². The van der Waals surface area contributed by atoms with Gasteiger partial charge in [-0.3, -0.25) is 0 Å². The van der Waals surface area contributed by atoms with E-state index in [0.717, 1.165) is 42.4 Å². The van der Waals surface area contributed by atoms with Crippen LogP contribution in [0.2, 0.25) is 0 Å². The molecule has 4 rings (SSSR count). The van der Waals surface area contributed by atoms with Crippen LogP contribution in [0.1, 0.15) is 24.3 Å². The third-order valence-electron chi connectivity index (χ3n) is 5.32. The number of aromatic nitrogens is 1. The van der Waals surface area contributed by atoms with Crippen LogP contribution in [-0.2, 0) is 10.1 Å². The summed E-state index contributed by atoms with van der Waals surface area (Å²) in [6.45, 7) is 1.94.